The van der Waals surface area contributed by atoms with Crippen LogP contribution < -0.4 is 5.32 Å². The number of rotatable bonds is 3. The molecule has 2 nitrogen and oxygen atoms in total. The molecule has 0 bridgehead atoms. The zero-order valence-electron chi connectivity index (χ0n) is 13.2. The predicted molar refractivity (Wildman–Crippen MR) is 97.4 cm³/mol. The van der Waals surface area contributed by atoms with Gasteiger partial charge in [-0.15, -0.1) is 12.4 Å². The largest absolute Gasteiger partial charge is 0.314 e. The Morgan fingerprint density at radius 3 is 2.30 bits per heavy atom. The van der Waals surface area contributed by atoms with E-state index in [0.29, 0.717) is 16.5 Å². The highest BCUT2D eigenvalue weighted by molar-refractivity contribution is 6.33. The summed E-state index contributed by atoms with van der Waals surface area (Å²) < 4.78 is 14.8. The van der Waals surface area contributed by atoms with E-state index in [1.54, 1.807) is 12.1 Å². The van der Waals surface area contributed by atoms with E-state index < -0.39 is 0 Å². The third-order valence-corrected chi connectivity index (χ3v) is 5.64. The van der Waals surface area contributed by atoms with Gasteiger partial charge in [0.05, 0.1) is 5.02 Å². The van der Waals surface area contributed by atoms with E-state index in [-0.39, 0.29) is 29.3 Å². The molecule has 0 unspecified atom stereocenters. The lowest BCUT2D eigenvalue weighted by atomic mass is 9.80. The van der Waals surface area contributed by atoms with Crippen LogP contribution in [0.2, 0.25) is 10.0 Å². The first-order valence-corrected chi connectivity index (χ1v) is 9.02. The van der Waals surface area contributed by atoms with Crippen molar-refractivity contribution in [1.29, 1.82) is 0 Å². The summed E-state index contributed by atoms with van der Waals surface area (Å²) in [6.45, 7) is 3.76. The number of nitrogens with zero attached hydrogens (tertiary/aromatic N) is 1. The molecule has 0 aromatic heterocycles. The molecule has 1 aliphatic carbocycles. The van der Waals surface area contributed by atoms with Crippen molar-refractivity contribution in [2.45, 2.75) is 38.1 Å². The van der Waals surface area contributed by atoms with E-state index in [9.17, 15) is 4.39 Å². The molecule has 0 amide bonds. The summed E-state index contributed by atoms with van der Waals surface area (Å²) >= 11 is 12.4. The molecular weight excluding hydrogens is 358 g/mol. The highest BCUT2D eigenvalue weighted by atomic mass is 35.5. The van der Waals surface area contributed by atoms with Gasteiger partial charge in [0.2, 0.25) is 0 Å². The van der Waals surface area contributed by atoms with Gasteiger partial charge in [-0.05, 0) is 30.9 Å². The molecule has 0 radical (unpaired) electrons. The Morgan fingerprint density at radius 1 is 1.04 bits per heavy atom. The second kappa shape index (κ2) is 8.87. The van der Waals surface area contributed by atoms with Crippen LogP contribution in [0.3, 0.4) is 0 Å². The lowest BCUT2D eigenvalue weighted by Crippen LogP contribution is -2.47. The van der Waals surface area contributed by atoms with Crippen LogP contribution in [0.5, 0.6) is 0 Å². The molecule has 23 heavy (non-hydrogen) atoms. The van der Waals surface area contributed by atoms with Crippen molar-refractivity contribution in [3.63, 3.8) is 0 Å². The topological polar surface area (TPSA) is 15.3 Å². The third kappa shape index (κ3) is 4.32. The van der Waals surface area contributed by atoms with Crippen LogP contribution in [0.15, 0.2) is 12.1 Å². The summed E-state index contributed by atoms with van der Waals surface area (Å²) in [5.41, 5.74) is 0.614. The Bertz CT molecular complexity index is 497. The molecule has 1 aromatic rings. The number of halogens is 4. The molecule has 1 saturated heterocycles. The Balaban J connectivity index is 0.00000192. The first kappa shape index (κ1) is 19.3. The molecule has 3 rings (SSSR count). The van der Waals surface area contributed by atoms with Crippen LogP contribution >= 0.6 is 35.6 Å². The average molecular weight is 382 g/mol. The third-order valence-electron chi connectivity index (χ3n) is 5.02. The summed E-state index contributed by atoms with van der Waals surface area (Å²) in [4.78, 5) is 2.40. The fourth-order valence-corrected chi connectivity index (χ4v) is 4.36. The molecule has 1 saturated carbocycles. The molecule has 130 valence electrons. The summed E-state index contributed by atoms with van der Waals surface area (Å²) in [5.74, 6) is 0.139. The number of nitrogens with one attached hydrogen (secondary N) is 1. The smallest absolute Gasteiger partial charge is 0.148 e. The zero-order valence-corrected chi connectivity index (χ0v) is 15.5. The Labute approximate surface area is 154 Å². The molecule has 1 aromatic carbocycles. The average Bonchev–Trinajstić information content (AvgIpc) is 2.57. The first-order valence-electron chi connectivity index (χ1n) is 8.26. The monoisotopic (exact) mass is 380 g/mol. The molecule has 1 heterocycles. The molecular formula is C17H24Cl3FN2. The number of hydrogen-bond acceptors (Lipinski definition) is 2. The van der Waals surface area contributed by atoms with Gasteiger partial charge in [0.25, 0.3) is 0 Å². The van der Waals surface area contributed by atoms with Crippen molar-refractivity contribution in [3.8, 4) is 0 Å². The molecule has 2 aliphatic rings. The minimum absolute atomic E-state index is 0. The van der Waals surface area contributed by atoms with Crippen LogP contribution in [0.1, 0.15) is 43.7 Å². The Morgan fingerprint density at radius 2 is 1.65 bits per heavy atom. The van der Waals surface area contributed by atoms with E-state index in [1.165, 1.54) is 19.3 Å². The van der Waals surface area contributed by atoms with Gasteiger partial charge in [-0.3, -0.25) is 4.90 Å². The molecule has 1 atom stereocenters. The van der Waals surface area contributed by atoms with E-state index in [1.807, 2.05) is 0 Å². The molecule has 1 N–H and O–H groups in total. The summed E-state index contributed by atoms with van der Waals surface area (Å²) in [6, 6.07) is 3.34. The normalized spacial score (nSPS) is 21.7. The maximum atomic E-state index is 14.8. The molecule has 0 spiro atoms. The van der Waals surface area contributed by atoms with E-state index >= 15 is 0 Å². The van der Waals surface area contributed by atoms with Crippen LogP contribution in [-0.4, -0.2) is 31.1 Å². The van der Waals surface area contributed by atoms with Gasteiger partial charge in [-0.25, -0.2) is 4.39 Å². The van der Waals surface area contributed by atoms with Gasteiger partial charge in [0.1, 0.15) is 5.82 Å². The van der Waals surface area contributed by atoms with Crippen molar-refractivity contribution in [2.24, 2.45) is 5.92 Å². The molecule has 2 fully saturated rings. The van der Waals surface area contributed by atoms with Crippen LogP contribution in [0, 0.1) is 11.7 Å². The lowest BCUT2D eigenvalue weighted by molar-refractivity contribution is 0.101. The lowest BCUT2D eigenvalue weighted by Gasteiger charge is -2.41. The van der Waals surface area contributed by atoms with Gasteiger partial charge < -0.3 is 5.32 Å². The Kier molecular flexibility index (Phi) is 7.43. The van der Waals surface area contributed by atoms with Crippen LogP contribution in [0.4, 0.5) is 4.39 Å². The van der Waals surface area contributed by atoms with Crippen molar-refractivity contribution in [3.05, 3.63) is 33.6 Å². The van der Waals surface area contributed by atoms with Gasteiger partial charge in [0.15, 0.2) is 0 Å². The summed E-state index contributed by atoms with van der Waals surface area (Å²) in [7, 11) is 0. The van der Waals surface area contributed by atoms with Gasteiger partial charge >= 0.3 is 0 Å². The van der Waals surface area contributed by atoms with Gasteiger partial charge in [0, 0.05) is 42.8 Å². The standard InChI is InChI=1S/C17H23Cl2FN2.ClH/c18-13-6-7-14(19)16(20)15(13)17(12-4-2-1-3-5-12)22-10-8-21-9-11-22;/h6-7,12,17,21H,1-5,8-11H2;1H/t17-;/m0./s1. The van der Waals surface area contributed by atoms with E-state index in [0.717, 1.165) is 39.0 Å². The minimum atomic E-state index is -0.330. The van der Waals surface area contributed by atoms with Crippen LogP contribution in [0.25, 0.3) is 0 Å². The number of hydrogen-bond donors (Lipinski definition) is 1. The Hall–Kier alpha value is -0.0600. The highest BCUT2D eigenvalue weighted by Crippen LogP contribution is 2.43. The van der Waals surface area contributed by atoms with Crippen LogP contribution in [-0.2, 0) is 0 Å². The summed E-state index contributed by atoms with van der Waals surface area (Å²) in [5, 5.41) is 4.06. The van der Waals surface area contributed by atoms with Crippen molar-refractivity contribution in [1.82, 2.24) is 10.2 Å². The van der Waals surface area contributed by atoms with E-state index in [4.69, 9.17) is 23.2 Å². The van der Waals surface area contributed by atoms with Crippen molar-refractivity contribution in [2.75, 3.05) is 26.2 Å². The maximum Gasteiger partial charge on any atom is 0.148 e. The quantitative estimate of drug-likeness (QED) is 0.734. The van der Waals surface area contributed by atoms with Gasteiger partial charge in [-0.1, -0.05) is 42.5 Å². The SMILES string of the molecule is Cl.Fc1c(Cl)ccc(Cl)c1[C@H](C1CCCCC1)N1CCNCC1. The van der Waals surface area contributed by atoms with Crippen molar-refractivity contribution < 1.29 is 4.39 Å². The summed E-state index contributed by atoms with van der Waals surface area (Å²) in [6.07, 6.45) is 6.05. The predicted octanol–water partition coefficient (Wildman–Crippen LogP) is 5.08. The minimum Gasteiger partial charge on any atom is -0.314 e. The second-order valence-electron chi connectivity index (χ2n) is 6.39. The zero-order chi connectivity index (χ0) is 15.5. The second-order valence-corrected chi connectivity index (χ2v) is 7.20. The first-order chi connectivity index (χ1) is 10.7. The van der Waals surface area contributed by atoms with E-state index in [2.05, 4.69) is 10.2 Å². The van der Waals surface area contributed by atoms with Crippen molar-refractivity contribution >= 4 is 35.6 Å². The fraction of sp³-hybridized carbons (Fsp3) is 0.647. The number of piperazine rings is 1. The van der Waals surface area contributed by atoms with Gasteiger partial charge in [-0.2, -0.15) is 0 Å². The number of benzene rings is 1. The highest BCUT2D eigenvalue weighted by Gasteiger charge is 2.34. The fourth-order valence-electron chi connectivity index (χ4n) is 3.94. The molecule has 6 heteroatoms. The molecule has 1 aliphatic heterocycles. The maximum absolute atomic E-state index is 14.8.